The largest absolute Gasteiger partial charge is 0.481 e. The van der Waals surface area contributed by atoms with E-state index in [0.29, 0.717) is 19.6 Å². The average Bonchev–Trinajstić information content (AvgIpc) is 2.84. The number of hydrogen-bond donors (Lipinski definition) is 1. The second-order valence-electron chi connectivity index (χ2n) is 3.88. The normalized spacial score (nSPS) is 20.4. The molecule has 86 valence electrons. The van der Waals surface area contributed by atoms with Crippen molar-refractivity contribution in [2.75, 3.05) is 13.1 Å². The van der Waals surface area contributed by atoms with E-state index in [2.05, 4.69) is 4.98 Å². The van der Waals surface area contributed by atoms with Gasteiger partial charge >= 0.3 is 5.97 Å². The van der Waals surface area contributed by atoms with Crippen molar-refractivity contribution in [1.29, 1.82) is 0 Å². The van der Waals surface area contributed by atoms with Crippen LogP contribution < -0.4 is 0 Å². The Morgan fingerprint density at radius 1 is 1.56 bits per heavy atom. The number of aliphatic carboxylic acids is 1. The minimum absolute atomic E-state index is 0.0764. The number of aromatic nitrogens is 2. The van der Waals surface area contributed by atoms with Crippen LogP contribution in [0.5, 0.6) is 0 Å². The molecule has 0 spiro atoms. The minimum atomic E-state index is -0.890. The maximum atomic E-state index is 11.5. The fourth-order valence-electron chi connectivity index (χ4n) is 1.81. The van der Waals surface area contributed by atoms with Crippen molar-refractivity contribution >= 4 is 11.9 Å². The molecular formula is C10H13N3O3. The number of likely N-dealkylation sites (tertiary alicyclic amines) is 1. The van der Waals surface area contributed by atoms with E-state index >= 15 is 0 Å². The Kier molecular flexibility index (Phi) is 2.89. The van der Waals surface area contributed by atoms with Gasteiger partial charge in [-0.1, -0.05) is 0 Å². The van der Waals surface area contributed by atoms with E-state index in [1.807, 2.05) is 10.8 Å². The SMILES string of the molecule is O=C(O)[C@H]1CC(=O)N(CCn2ccnc2)C1. The van der Waals surface area contributed by atoms with Crippen LogP contribution in [0.1, 0.15) is 6.42 Å². The fourth-order valence-corrected chi connectivity index (χ4v) is 1.81. The summed E-state index contributed by atoms with van der Waals surface area (Å²) in [6.45, 7) is 1.51. The van der Waals surface area contributed by atoms with Crippen molar-refractivity contribution in [1.82, 2.24) is 14.5 Å². The Morgan fingerprint density at radius 3 is 2.94 bits per heavy atom. The van der Waals surface area contributed by atoms with Crippen LogP contribution in [0.3, 0.4) is 0 Å². The van der Waals surface area contributed by atoms with Crippen LogP contribution in [0.15, 0.2) is 18.7 Å². The zero-order chi connectivity index (χ0) is 11.5. The Hall–Kier alpha value is -1.85. The maximum Gasteiger partial charge on any atom is 0.308 e. The van der Waals surface area contributed by atoms with Crippen molar-refractivity contribution in [3.8, 4) is 0 Å². The molecule has 1 saturated heterocycles. The number of carboxylic acid groups (broad SMARTS) is 1. The van der Waals surface area contributed by atoms with E-state index in [4.69, 9.17) is 5.11 Å². The molecule has 0 aromatic carbocycles. The molecule has 0 aliphatic carbocycles. The highest BCUT2D eigenvalue weighted by Crippen LogP contribution is 2.17. The van der Waals surface area contributed by atoms with E-state index in [1.165, 1.54) is 0 Å². The summed E-state index contributed by atoms with van der Waals surface area (Å²) in [7, 11) is 0. The van der Waals surface area contributed by atoms with Gasteiger partial charge in [0.05, 0.1) is 12.2 Å². The molecule has 1 aliphatic heterocycles. The molecule has 2 rings (SSSR count). The van der Waals surface area contributed by atoms with Gasteiger partial charge in [-0.2, -0.15) is 0 Å². The second kappa shape index (κ2) is 4.34. The van der Waals surface area contributed by atoms with Gasteiger partial charge in [-0.25, -0.2) is 4.98 Å². The summed E-state index contributed by atoms with van der Waals surface area (Å²) < 4.78 is 1.86. The lowest BCUT2D eigenvalue weighted by Crippen LogP contribution is -2.29. The summed E-state index contributed by atoms with van der Waals surface area (Å²) in [5.41, 5.74) is 0. The van der Waals surface area contributed by atoms with E-state index in [9.17, 15) is 9.59 Å². The van der Waals surface area contributed by atoms with Crippen LogP contribution in [0.4, 0.5) is 0 Å². The Balaban J connectivity index is 1.87. The lowest BCUT2D eigenvalue weighted by Gasteiger charge is -2.15. The van der Waals surface area contributed by atoms with Crippen molar-refractivity contribution in [3.63, 3.8) is 0 Å². The Labute approximate surface area is 92.5 Å². The van der Waals surface area contributed by atoms with Crippen LogP contribution in [0.25, 0.3) is 0 Å². The van der Waals surface area contributed by atoms with Crippen LogP contribution >= 0.6 is 0 Å². The molecule has 1 fully saturated rings. The van der Waals surface area contributed by atoms with Crippen LogP contribution in [-0.2, 0) is 16.1 Å². The molecule has 1 aromatic rings. The molecule has 1 atom stereocenters. The summed E-state index contributed by atoms with van der Waals surface area (Å²) in [6.07, 6.45) is 5.29. The highest BCUT2D eigenvalue weighted by atomic mass is 16.4. The quantitative estimate of drug-likeness (QED) is 0.768. The number of hydrogen-bond acceptors (Lipinski definition) is 3. The first-order chi connectivity index (χ1) is 7.66. The predicted octanol–water partition coefficient (Wildman–Crippen LogP) is -0.184. The fraction of sp³-hybridized carbons (Fsp3) is 0.500. The smallest absolute Gasteiger partial charge is 0.308 e. The van der Waals surface area contributed by atoms with Gasteiger partial charge in [-0.05, 0) is 0 Å². The first kappa shape index (κ1) is 10.7. The van der Waals surface area contributed by atoms with Crippen LogP contribution in [-0.4, -0.2) is 44.5 Å². The summed E-state index contributed by atoms with van der Waals surface area (Å²) in [5, 5.41) is 8.81. The minimum Gasteiger partial charge on any atom is -0.481 e. The van der Waals surface area contributed by atoms with Crippen molar-refractivity contribution < 1.29 is 14.7 Å². The van der Waals surface area contributed by atoms with Gasteiger partial charge < -0.3 is 14.6 Å². The average molecular weight is 223 g/mol. The predicted molar refractivity (Wildman–Crippen MR) is 54.5 cm³/mol. The summed E-state index contributed by atoms with van der Waals surface area (Å²) in [4.78, 5) is 27.7. The number of carbonyl (C=O) groups is 2. The van der Waals surface area contributed by atoms with Gasteiger partial charge in [0, 0.05) is 38.4 Å². The second-order valence-corrected chi connectivity index (χ2v) is 3.88. The third kappa shape index (κ3) is 2.21. The molecule has 16 heavy (non-hydrogen) atoms. The third-order valence-electron chi connectivity index (χ3n) is 2.75. The first-order valence-corrected chi connectivity index (χ1v) is 5.13. The number of nitrogens with zero attached hydrogens (tertiary/aromatic N) is 3. The first-order valence-electron chi connectivity index (χ1n) is 5.13. The standard InChI is InChI=1S/C10H13N3O3/c14-9-5-8(10(15)16)6-13(9)4-3-12-2-1-11-7-12/h1-2,7-8H,3-6H2,(H,15,16)/t8-/m0/s1. The highest BCUT2D eigenvalue weighted by Gasteiger charge is 2.33. The van der Waals surface area contributed by atoms with Crippen molar-refractivity contribution in [3.05, 3.63) is 18.7 Å². The van der Waals surface area contributed by atoms with Gasteiger partial charge in [0.1, 0.15) is 0 Å². The summed E-state index contributed by atoms with van der Waals surface area (Å²) in [5.74, 6) is -1.51. The molecule has 1 aliphatic rings. The Morgan fingerprint density at radius 2 is 2.38 bits per heavy atom. The number of rotatable bonds is 4. The molecule has 6 heteroatoms. The molecule has 1 aromatic heterocycles. The van der Waals surface area contributed by atoms with Crippen LogP contribution in [0, 0.1) is 5.92 Å². The lowest BCUT2D eigenvalue weighted by molar-refractivity contribution is -0.141. The number of imidazole rings is 1. The maximum absolute atomic E-state index is 11.5. The molecule has 0 bridgehead atoms. The van der Waals surface area contributed by atoms with E-state index in [1.54, 1.807) is 17.4 Å². The van der Waals surface area contributed by atoms with E-state index < -0.39 is 11.9 Å². The summed E-state index contributed by atoms with van der Waals surface area (Å²) in [6, 6.07) is 0. The summed E-state index contributed by atoms with van der Waals surface area (Å²) >= 11 is 0. The monoisotopic (exact) mass is 223 g/mol. The van der Waals surface area contributed by atoms with E-state index in [0.717, 1.165) is 0 Å². The molecule has 0 unspecified atom stereocenters. The molecule has 1 amide bonds. The lowest BCUT2D eigenvalue weighted by atomic mass is 10.1. The number of carbonyl (C=O) groups excluding carboxylic acids is 1. The molecule has 1 N–H and O–H groups in total. The van der Waals surface area contributed by atoms with Gasteiger partial charge in [-0.3, -0.25) is 9.59 Å². The molecule has 2 heterocycles. The molecule has 6 nitrogen and oxygen atoms in total. The van der Waals surface area contributed by atoms with Gasteiger partial charge in [-0.15, -0.1) is 0 Å². The van der Waals surface area contributed by atoms with Crippen molar-refractivity contribution in [2.24, 2.45) is 5.92 Å². The Bertz CT molecular complexity index is 388. The van der Waals surface area contributed by atoms with E-state index in [-0.39, 0.29) is 12.3 Å². The van der Waals surface area contributed by atoms with Crippen LogP contribution in [0.2, 0.25) is 0 Å². The molecular weight excluding hydrogens is 210 g/mol. The topological polar surface area (TPSA) is 75.4 Å². The third-order valence-corrected chi connectivity index (χ3v) is 2.75. The zero-order valence-electron chi connectivity index (χ0n) is 8.74. The number of carboxylic acids is 1. The number of amides is 1. The van der Waals surface area contributed by atoms with Gasteiger partial charge in [0.2, 0.25) is 5.91 Å². The van der Waals surface area contributed by atoms with Gasteiger partial charge in [0.25, 0.3) is 0 Å². The van der Waals surface area contributed by atoms with Gasteiger partial charge in [0.15, 0.2) is 0 Å². The highest BCUT2D eigenvalue weighted by molar-refractivity contribution is 5.86. The molecule has 0 radical (unpaired) electrons. The van der Waals surface area contributed by atoms with Crippen molar-refractivity contribution in [2.45, 2.75) is 13.0 Å². The molecule has 0 saturated carbocycles. The zero-order valence-corrected chi connectivity index (χ0v) is 8.74.